The lowest BCUT2D eigenvalue weighted by Gasteiger charge is -2.21. The van der Waals surface area contributed by atoms with Crippen LogP contribution < -0.4 is 15.8 Å². The molecule has 0 aliphatic rings. The summed E-state index contributed by atoms with van der Waals surface area (Å²) < 4.78 is 11.1. The fourth-order valence-corrected chi connectivity index (χ4v) is 1.44. The van der Waals surface area contributed by atoms with Gasteiger partial charge in [0.2, 0.25) is 5.88 Å². The summed E-state index contributed by atoms with van der Waals surface area (Å²) in [6.07, 6.45) is 2.70. The lowest BCUT2D eigenvalue weighted by Crippen LogP contribution is -2.24. The topological polar surface area (TPSA) is 69.4 Å². The van der Waals surface area contributed by atoms with Gasteiger partial charge in [-0.2, -0.15) is 4.98 Å². The Hall–Kier alpha value is -1.75. The molecule has 0 atom stereocenters. The Kier molecular flexibility index (Phi) is 6.31. The number of nitrogen functional groups attached to an aromatic ring is 1. The van der Waals surface area contributed by atoms with Crippen molar-refractivity contribution in [3.05, 3.63) is 24.8 Å². The highest BCUT2D eigenvalue weighted by Gasteiger charge is 2.15. The normalized spacial score (nSPS) is 11.2. The second-order valence-corrected chi connectivity index (χ2v) is 5.42. The third-order valence-electron chi connectivity index (χ3n) is 2.31. The largest absolute Gasteiger partial charge is 0.470 e. The summed E-state index contributed by atoms with van der Waals surface area (Å²) in [5.41, 5.74) is 6.07. The van der Waals surface area contributed by atoms with Crippen molar-refractivity contribution in [3.63, 3.8) is 0 Å². The maximum absolute atomic E-state index is 5.86. The van der Waals surface area contributed by atoms with Crippen molar-refractivity contribution in [2.24, 2.45) is 0 Å². The van der Waals surface area contributed by atoms with Gasteiger partial charge in [0.25, 0.3) is 0 Å². The van der Waals surface area contributed by atoms with Crippen LogP contribution in [0.3, 0.4) is 0 Å². The monoisotopic (exact) mass is 279 g/mol. The molecule has 1 rings (SSSR count). The van der Waals surface area contributed by atoms with E-state index in [-0.39, 0.29) is 5.60 Å². The van der Waals surface area contributed by atoms with Crippen molar-refractivity contribution in [2.45, 2.75) is 32.8 Å². The highest BCUT2D eigenvalue weighted by atomic mass is 16.5. The summed E-state index contributed by atoms with van der Waals surface area (Å²) in [6.45, 7) is 11.5. The zero-order chi connectivity index (χ0) is 15.0. The lowest BCUT2D eigenvalue weighted by atomic mass is 10.2. The number of nitrogens with zero attached hydrogens (tertiary/aromatic N) is 1. The number of hydrogen-bond donors (Lipinski definition) is 2. The van der Waals surface area contributed by atoms with Gasteiger partial charge >= 0.3 is 0 Å². The van der Waals surface area contributed by atoms with Gasteiger partial charge < -0.3 is 20.5 Å². The molecule has 0 radical (unpaired) electrons. The molecule has 0 fully saturated rings. The van der Waals surface area contributed by atoms with Crippen LogP contribution in [0.1, 0.15) is 27.2 Å². The van der Waals surface area contributed by atoms with Crippen molar-refractivity contribution in [3.8, 4) is 5.88 Å². The molecule has 0 spiro atoms. The van der Waals surface area contributed by atoms with E-state index in [2.05, 4.69) is 16.9 Å². The average Bonchev–Trinajstić information content (AvgIpc) is 2.35. The predicted octanol–water partition coefficient (Wildman–Crippen LogP) is 2.85. The molecule has 0 aliphatic heterocycles. The first kappa shape index (κ1) is 16.3. The van der Waals surface area contributed by atoms with Crippen molar-refractivity contribution in [2.75, 3.05) is 30.8 Å². The first-order valence-corrected chi connectivity index (χ1v) is 6.80. The van der Waals surface area contributed by atoms with Gasteiger partial charge in [-0.15, -0.1) is 6.58 Å². The van der Waals surface area contributed by atoms with Gasteiger partial charge in [-0.1, -0.05) is 6.08 Å². The van der Waals surface area contributed by atoms with Crippen LogP contribution in [0.15, 0.2) is 24.8 Å². The lowest BCUT2D eigenvalue weighted by molar-refractivity contribution is 0.125. The molecule has 1 aromatic heterocycles. The van der Waals surface area contributed by atoms with Crippen LogP contribution in [0.25, 0.3) is 0 Å². The third-order valence-corrected chi connectivity index (χ3v) is 2.31. The molecule has 20 heavy (non-hydrogen) atoms. The molecule has 0 aromatic carbocycles. The van der Waals surface area contributed by atoms with Gasteiger partial charge in [-0.25, -0.2) is 0 Å². The molecule has 3 N–H and O–H groups in total. The molecular formula is C15H25N3O2. The number of nitrogens with two attached hydrogens (primary N) is 1. The molecular weight excluding hydrogens is 254 g/mol. The molecule has 1 aromatic rings. The second-order valence-electron chi connectivity index (χ2n) is 5.42. The fourth-order valence-electron chi connectivity index (χ4n) is 1.44. The van der Waals surface area contributed by atoms with Crippen LogP contribution in [-0.4, -0.2) is 30.3 Å². The Morgan fingerprint density at radius 2 is 2.10 bits per heavy atom. The van der Waals surface area contributed by atoms with Crippen LogP contribution in [0.5, 0.6) is 5.88 Å². The molecule has 0 unspecified atom stereocenters. The Morgan fingerprint density at radius 1 is 1.35 bits per heavy atom. The summed E-state index contributed by atoms with van der Waals surface area (Å²) in [7, 11) is 0. The number of pyridine rings is 1. The Balaban J connectivity index is 2.46. The van der Waals surface area contributed by atoms with E-state index in [1.165, 1.54) is 0 Å². The number of anilines is 2. The highest BCUT2D eigenvalue weighted by Crippen LogP contribution is 2.24. The van der Waals surface area contributed by atoms with Gasteiger partial charge in [0.05, 0.1) is 18.9 Å². The van der Waals surface area contributed by atoms with Crippen molar-refractivity contribution in [1.82, 2.24) is 4.98 Å². The average molecular weight is 279 g/mol. The van der Waals surface area contributed by atoms with Gasteiger partial charge in [0, 0.05) is 6.54 Å². The molecule has 0 amide bonds. The van der Waals surface area contributed by atoms with E-state index in [0.717, 1.165) is 12.2 Å². The Bertz CT molecular complexity index is 428. The fraction of sp³-hybridized carbons (Fsp3) is 0.533. The highest BCUT2D eigenvalue weighted by molar-refractivity contribution is 5.53. The van der Waals surface area contributed by atoms with Gasteiger partial charge in [0.15, 0.2) is 0 Å². The first-order valence-electron chi connectivity index (χ1n) is 6.80. The van der Waals surface area contributed by atoms with Gasteiger partial charge in [-0.3, -0.25) is 0 Å². The number of aromatic nitrogens is 1. The maximum Gasteiger partial charge on any atom is 0.239 e. The number of rotatable bonds is 8. The number of hydrogen-bond acceptors (Lipinski definition) is 5. The Morgan fingerprint density at radius 3 is 2.75 bits per heavy atom. The van der Waals surface area contributed by atoms with Crippen LogP contribution >= 0.6 is 0 Å². The molecule has 0 bridgehead atoms. The molecule has 0 saturated carbocycles. The molecule has 5 nitrogen and oxygen atoms in total. The molecule has 5 heteroatoms. The third kappa shape index (κ3) is 6.43. The van der Waals surface area contributed by atoms with Crippen LogP contribution in [0.2, 0.25) is 0 Å². The molecule has 0 aliphatic carbocycles. The van der Waals surface area contributed by atoms with Crippen molar-refractivity contribution in [1.29, 1.82) is 0 Å². The van der Waals surface area contributed by atoms with Crippen molar-refractivity contribution >= 4 is 11.5 Å². The van der Waals surface area contributed by atoms with Crippen LogP contribution in [0.4, 0.5) is 11.5 Å². The maximum atomic E-state index is 5.86. The van der Waals surface area contributed by atoms with E-state index in [1.807, 2.05) is 32.9 Å². The second kappa shape index (κ2) is 7.75. The van der Waals surface area contributed by atoms with Crippen LogP contribution in [-0.2, 0) is 4.74 Å². The smallest absolute Gasteiger partial charge is 0.239 e. The number of nitrogens with one attached hydrogen (secondary N) is 1. The van der Waals surface area contributed by atoms with E-state index in [0.29, 0.717) is 31.3 Å². The number of ether oxygens (including phenoxy) is 2. The van der Waals surface area contributed by atoms with E-state index in [1.54, 1.807) is 6.07 Å². The van der Waals surface area contributed by atoms with E-state index in [9.17, 15) is 0 Å². The summed E-state index contributed by atoms with van der Waals surface area (Å²) in [4.78, 5) is 4.36. The minimum atomic E-state index is -0.326. The van der Waals surface area contributed by atoms with E-state index >= 15 is 0 Å². The molecule has 1 heterocycles. The predicted molar refractivity (Wildman–Crippen MR) is 83.2 cm³/mol. The Labute approximate surface area is 121 Å². The summed E-state index contributed by atoms with van der Waals surface area (Å²) >= 11 is 0. The zero-order valence-corrected chi connectivity index (χ0v) is 12.6. The minimum absolute atomic E-state index is 0.326. The van der Waals surface area contributed by atoms with E-state index < -0.39 is 0 Å². The molecule has 112 valence electrons. The quantitative estimate of drug-likeness (QED) is 0.565. The summed E-state index contributed by atoms with van der Waals surface area (Å²) in [5.74, 6) is 1.18. The van der Waals surface area contributed by atoms with Gasteiger partial charge in [-0.05, 0) is 39.3 Å². The van der Waals surface area contributed by atoms with Crippen molar-refractivity contribution < 1.29 is 9.47 Å². The van der Waals surface area contributed by atoms with E-state index in [4.69, 9.17) is 15.2 Å². The first-order chi connectivity index (χ1) is 9.42. The molecule has 0 saturated heterocycles. The minimum Gasteiger partial charge on any atom is -0.470 e. The standard InChI is InChI=1S/C15H25N3O2/c1-5-6-10-19-11-9-17-13-8-7-12(16)14(18-13)20-15(2,3)4/h5,7-8H,1,6,9-11,16H2,2-4H3,(H,17,18). The summed E-state index contributed by atoms with van der Waals surface area (Å²) in [5, 5.41) is 3.18. The summed E-state index contributed by atoms with van der Waals surface area (Å²) in [6, 6.07) is 3.61. The van der Waals surface area contributed by atoms with Gasteiger partial charge in [0.1, 0.15) is 11.4 Å². The SMILES string of the molecule is C=CCCOCCNc1ccc(N)c(OC(C)(C)C)n1. The van der Waals surface area contributed by atoms with Crippen LogP contribution in [0, 0.1) is 0 Å². The zero-order valence-electron chi connectivity index (χ0n) is 12.6.